The van der Waals surface area contributed by atoms with Gasteiger partial charge in [0.2, 0.25) is 0 Å². The highest BCUT2D eigenvalue weighted by molar-refractivity contribution is 6.03. The molecule has 3 rings (SSSR count). The van der Waals surface area contributed by atoms with Crippen molar-refractivity contribution in [3.63, 3.8) is 0 Å². The number of carbonyl (C=O) groups is 1. The Morgan fingerprint density at radius 1 is 1.24 bits per heavy atom. The summed E-state index contributed by atoms with van der Waals surface area (Å²) >= 11 is 0. The quantitative estimate of drug-likeness (QED) is 0.273. The van der Waals surface area contributed by atoms with Crippen LogP contribution in [0.25, 0.3) is 11.0 Å². The lowest BCUT2D eigenvalue weighted by molar-refractivity contribution is 0.101. The number of imidazole rings is 1. The van der Waals surface area contributed by atoms with Crippen molar-refractivity contribution in [2.45, 2.75) is 40.2 Å². The molecule has 1 aromatic heterocycles. The Hall–Kier alpha value is -3.51. The van der Waals surface area contributed by atoms with E-state index >= 15 is 0 Å². The SMILES string of the molecule is C=C/C(=N\C(=C/C)NC(C)c1ccccc1)n1cnc2ccc(C(C)=O)cc21.CCCNC. The number of Topliss-reactive ketones (excluding diaryl/α,β-unsaturated/α-hetero) is 1. The fourth-order valence-corrected chi connectivity index (χ4v) is 3.21. The smallest absolute Gasteiger partial charge is 0.159 e. The molecular weight excluding hydrogens is 410 g/mol. The molecule has 2 N–H and O–H groups in total. The van der Waals surface area contributed by atoms with Crippen molar-refractivity contribution < 1.29 is 4.79 Å². The molecule has 2 aromatic carbocycles. The van der Waals surface area contributed by atoms with Gasteiger partial charge in [0, 0.05) is 11.6 Å². The Balaban J connectivity index is 0.000000696. The maximum atomic E-state index is 11.7. The molecule has 0 radical (unpaired) electrons. The van der Waals surface area contributed by atoms with Crippen molar-refractivity contribution in [3.05, 3.63) is 90.5 Å². The zero-order valence-corrected chi connectivity index (χ0v) is 20.3. The van der Waals surface area contributed by atoms with Crippen LogP contribution in [0.2, 0.25) is 0 Å². The van der Waals surface area contributed by atoms with Crippen LogP contribution >= 0.6 is 0 Å². The molecule has 0 saturated carbocycles. The molecule has 0 spiro atoms. The second-order valence-electron chi connectivity index (χ2n) is 7.60. The van der Waals surface area contributed by atoms with Gasteiger partial charge in [-0.2, -0.15) is 0 Å². The zero-order valence-electron chi connectivity index (χ0n) is 20.3. The molecule has 174 valence electrons. The van der Waals surface area contributed by atoms with Crippen LogP contribution in [-0.4, -0.2) is 34.8 Å². The topological polar surface area (TPSA) is 71.3 Å². The summed E-state index contributed by atoms with van der Waals surface area (Å²) in [6.07, 6.45) is 6.53. The van der Waals surface area contributed by atoms with E-state index in [4.69, 9.17) is 4.99 Å². The Bertz CT molecular complexity index is 1110. The van der Waals surface area contributed by atoms with Gasteiger partial charge in [0.1, 0.15) is 18.0 Å². The zero-order chi connectivity index (χ0) is 24.2. The Morgan fingerprint density at radius 3 is 2.52 bits per heavy atom. The van der Waals surface area contributed by atoms with Crippen LogP contribution in [-0.2, 0) is 0 Å². The normalized spacial score (nSPS) is 12.6. The number of nitrogens with zero attached hydrogens (tertiary/aromatic N) is 3. The first-order valence-corrected chi connectivity index (χ1v) is 11.3. The van der Waals surface area contributed by atoms with E-state index in [9.17, 15) is 4.79 Å². The van der Waals surface area contributed by atoms with Crippen molar-refractivity contribution in [2.24, 2.45) is 4.99 Å². The van der Waals surface area contributed by atoms with Gasteiger partial charge in [-0.15, -0.1) is 0 Å². The number of aromatic nitrogens is 2. The van der Waals surface area contributed by atoms with E-state index in [0.717, 1.165) is 23.4 Å². The average molecular weight is 446 g/mol. The Kier molecular flexibility index (Phi) is 10.2. The summed E-state index contributed by atoms with van der Waals surface area (Å²) in [6, 6.07) is 15.8. The predicted molar refractivity (Wildman–Crippen MR) is 139 cm³/mol. The van der Waals surface area contributed by atoms with Gasteiger partial charge in [0.25, 0.3) is 0 Å². The van der Waals surface area contributed by atoms with E-state index in [2.05, 4.69) is 48.2 Å². The van der Waals surface area contributed by atoms with Crippen LogP contribution in [0.15, 0.2) is 84.4 Å². The summed E-state index contributed by atoms with van der Waals surface area (Å²) in [5.74, 6) is 1.37. The van der Waals surface area contributed by atoms with E-state index in [-0.39, 0.29) is 11.8 Å². The number of ketones is 1. The number of nitrogens with one attached hydrogen (secondary N) is 2. The summed E-state index contributed by atoms with van der Waals surface area (Å²) in [6.45, 7) is 12.8. The molecule has 33 heavy (non-hydrogen) atoms. The fourth-order valence-electron chi connectivity index (χ4n) is 3.21. The van der Waals surface area contributed by atoms with Gasteiger partial charge in [-0.3, -0.25) is 9.36 Å². The summed E-state index contributed by atoms with van der Waals surface area (Å²) in [4.78, 5) is 20.9. The minimum absolute atomic E-state index is 0.0132. The van der Waals surface area contributed by atoms with Crippen LogP contribution < -0.4 is 10.6 Å². The molecule has 0 aliphatic carbocycles. The maximum Gasteiger partial charge on any atom is 0.159 e. The highest BCUT2D eigenvalue weighted by atomic mass is 16.1. The molecule has 0 bridgehead atoms. The van der Waals surface area contributed by atoms with E-state index in [1.807, 2.05) is 54.9 Å². The molecule has 3 aromatic rings. The van der Waals surface area contributed by atoms with Gasteiger partial charge >= 0.3 is 0 Å². The number of hydrogen-bond donors (Lipinski definition) is 2. The van der Waals surface area contributed by atoms with Gasteiger partial charge in [0.05, 0.1) is 11.0 Å². The monoisotopic (exact) mass is 445 g/mol. The molecule has 1 unspecified atom stereocenters. The van der Waals surface area contributed by atoms with Crippen LogP contribution in [0.4, 0.5) is 0 Å². The Morgan fingerprint density at radius 2 is 1.97 bits per heavy atom. The minimum Gasteiger partial charge on any atom is -0.364 e. The van der Waals surface area contributed by atoms with Crippen molar-refractivity contribution in [3.8, 4) is 0 Å². The molecule has 0 fully saturated rings. The number of rotatable bonds is 8. The highest BCUT2D eigenvalue weighted by Crippen LogP contribution is 2.17. The lowest BCUT2D eigenvalue weighted by Crippen LogP contribution is -2.19. The van der Waals surface area contributed by atoms with Gasteiger partial charge in [-0.05, 0) is 76.7 Å². The van der Waals surface area contributed by atoms with Crippen LogP contribution in [0.5, 0.6) is 0 Å². The largest absolute Gasteiger partial charge is 0.364 e. The Labute approximate surface area is 197 Å². The molecule has 0 saturated heterocycles. The highest BCUT2D eigenvalue weighted by Gasteiger charge is 2.11. The van der Waals surface area contributed by atoms with Crippen molar-refractivity contribution in [1.29, 1.82) is 0 Å². The summed E-state index contributed by atoms with van der Waals surface area (Å²) in [7, 11) is 1.96. The van der Waals surface area contributed by atoms with Crippen LogP contribution in [0.3, 0.4) is 0 Å². The lowest BCUT2D eigenvalue weighted by atomic mass is 10.1. The third-order valence-corrected chi connectivity index (χ3v) is 5.06. The molecular formula is C27H35N5O. The predicted octanol–water partition coefficient (Wildman–Crippen LogP) is 5.50. The molecule has 1 atom stereocenters. The van der Waals surface area contributed by atoms with E-state index < -0.39 is 0 Å². The number of allylic oxidation sites excluding steroid dienone is 2. The molecule has 0 amide bonds. The average Bonchev–Trinajstić information content (AvgIpc) is 3.26. The minimum atomic E-state index is 0.0132. The number of carbonyl (C=O) groups excluding carboxylic acids is 1. The second-order valence-corrected chi connectivity index (χ2v) is 7.60. The van der Waals surface area contributed by atoms with Crippen LogP contribution in [0.1, 0.15) is 56.1 Å². The molecule has 0 aliphatic heterocycles. The van der Waals surface area contributed by atoms with Gasteiger partial charge in [-0.1, -0.05) is 43.8 Å². The summed E-state index contributed by atoms with van der Waals surface area (Å²) in [5, 5.41) is 6.44. The van der Waals surface area contributed by atoms with Crippen molar-refractivity contribution >= 4 is 22.7 Å². The first-order chi connectivity index (χ1) is 15.9. The third-order valence-electron chi connectivity index (χ3n) is 5.06. The number of benzene rings is 2. The number of hydrogen-bond acceptors (Lipinski definition) is 5. The van der Waals surface area contributed by atoms with E-state index in [1.165, 1.54) is 12.0 Å². The van der Waals surface area contributed by atoms with E-state index in [1.54, 1.807) is 25.4 Å². The summed E-state index contributed by atoms with van der Waals surface area (Å²) < 4.78 is 1.84. The van der Waals surface area contributed by atoms with Crippen LogP contribution in [0, 0.1) is 0 Å². The van der Waals surface area contributed by atoms with Crippen molar-refractivity contribution in [1.82, 2.24) is 20.2 Å². The van der Waals surface area contributed by atoms with Crippen molar-refractivity contribution in [2.75, 3.05) is 13.6 Å². The third kappa shape index (κ3) is 7.26. The molecule has 1 heterocycles. The maximum absolute atomic E-state index is 11.7. The summed E-state index contributed by atoms with van der Waals surface area (Å²) in [5.41, 5.74) is 3.43. The second kappa shape index (κ2) is 13.1. The van der Waals surface area contributed by atoms with Gasteiger partial charge < -0.3 is 10.6 Å². The van der Waals surface area contributed by atoms with E-state index in [0.29, 0.717) is 11.4 Å². The first-order valence-electron chi connectivity index (χ1n) is 11.3. The standard InChI is InChI=1S/C23H24N4O.C4H11N/c1-5-22(25-16(3)18-10-8-7-9-11-18)26-23(6-2)27-15-24-20-13-12-19(17(4)28)14-21(20)27;1-3-4-5-2/h5-16,25H,2H2,1,3-4H3;5H,3-4H2,1-2H3/b22-5-,26-23+;. The lowest BCUT2D eigenvalue weighted by Gasteiger charge is -2.16. The first kappa shape index (κ1) is 25.7. The van der Waals surface area contributed by atoms with Gasteiger partial charge in [-0.25, -0.2) is 9.98 Å². The number of aliphatic imine (C=N–C) groups is 1. The number of fused-ring (bicyclic) bond motifs is 1. The van der Waals surface area contributed by atoms with Gasteiger partial charge in [0.15, 0.2) is 5.78 Å². The molecule has 6 heteroatoms. The molecule has 6 nitrogen and oxygen atoms in total. The molecule has 0 aliphatic rings. The fraction of sp³-hybridized carbons (Fsp3) is 0.296.